The molecule has 24 heavy (non-hydrogen) atoms. The highest BCUT2D eigenvalue weighted by atomic mass is 19.1. The molecule has 2 aromatic heterocycles. The third-order valence-electron chi connectivity index (χ3n) is 4.28. The summed E-state index contributed by atoms with van der Waals surface area (Å²) in [6.45, 7) is 2.52. The average Bonchev–Trinajstić information content (AvgIpc) is 2.95. The first-order valence-electron chi connectivity index (χ1n) is 7.84. The standard InChI is InChI=1S/C19H16FN3O/c1-12-2-7-16-15(10-12)17-18(22-16)19(24)23(11-21-17)9-8-13-3-5-14(20)6-4-13/h2-7,10-11,22H,8-9H2,1H3. The van der Waals surface area contributed by atoms with Gasteiger partial charge in [0, 0.05) is 17.4 Å². The summed E-state index contributed by atoms with van der Waals surface area (Å²) in [5.41, 5.74) is 4.17. The van der Waals surface area contributed by atoms with Gasteiger partial charge in [-0.15, -0.1) is 0 Å². The van der Waals surface area contributed by atoms with E-state index in [1.54, 1.807) is 23.0 Å². The number of nitrogens with one attached hydrogen (secondary N) is 1. The molecule has 0 spiro atoms. The first-order chi connectivity index (χ1) is 11.6. The molecule has 0 aliphatic heterocycles. The molecule has 0 aliphatic carbocycles. The second-order valence-corrected chi connectivity index (χ2v) is 6.02. The van der Waals surface area contributed by atoms with Crippen LogP contribution in [0.1, 0.15) is 11.1 Å². The second kappa shape index (κ2) is 5.60. The second-order valence-electron chi connectivity index (χ2n) is 6.02. The van der Waals surface area contributed by atoms with Crippen molar-refractivity contribution in [3.8, 4) is 0 Å². The fourth-order valence-corrected chi connectivity index (χ4v) is 2.96. The molecule has 0 bridgehead atoms. The van der Waals surface area contributed by atoms with Crippen molar-refractivity contribution in [1.29, 1.82) is 0 Å². The molecular weight excluding hydrogens is 305 g/mol. The van der Waals surface area contributed by atoms with Gasteiger partial charge in [-0.2, -0.15) is 0 Å². The van der Waals surface area contributed by atoms with Crippen molar-refractivity contribution in [2.75, 3.05) is 0 Å². The van der Waals surface area contributed by atoms with E-state index in [9.17, 15) is 9.18 Å². The minimum absolute atomic E-state index is 0.0871. The molecule has 120 valence electrons. The zero-order valence-corrected chi connectivity index (χ0v) is 13.2. The Labute approximate surface area is 137 Å². The number of fused-ring (bicyclic) bond motifs is 3. The van der Waals surface area contributed by atoms with E-state index < -0.39 is 0 Å². The van der Waals surface area contributed by atoms with Gasteiger partial charge in [-0.1, -0.05) is 23.8 Å². The third kappa shape index (κ3) is 2.48. The van der Waals surface area contributed by atoms with Gasteiger partial charge < -0.3 is 4.98 Å². The molecule has 0 amide bonds. The van der Waals surface area contributed by atoms with E-state index in [2.05, 4.69) is 9.97 Å². The lowest BCUT2D eigenvalue weighted by atomic mass is 10.1. The Morgan fingerprint density at radius 1 is 1.17 bits per heavy atom. The molecule has 0 aliphatic rings. The van der Waals surface area contributed by atoms with Gasteiger partial charge in [0.25, 0.3) is 5.56 Å². The Hall–Kier alpha value is -2.95. The van der Waals surface area contributed by atoms with Crippen LogP contribution in [-0.4, -0.2) is 14.5 Å². The van der Waals surface area contributed by atoms with Crippen molar-refractivity contribution in [2.45, 2.75) is 19.9 Å². The zero-order chi connectivity index (χ0) is 16.7. The largest absolute Gasteiger partial charge is 0.349 e. The van der Waals surface area contributed by atoms with E-state index in [0.29, 0.717) is 24.0 Å². The van der Waals surface area contributed by atoms with Crippen LogP contribution in [0.15, 0.2) is 53.6 Å². The zero-order valence-electron chi connectivity index (χ0n) is 13.2. The van der Waals surface area contributed by atoms with E-state index in [0.717, 1.165) is 22.0 Å². The number of nitrogens with zero attached hydrogens (tertiary/aromatic N) is 2. The molecule has 5 heteroatoms. The van der Waals surface area contributed by atoms with Crippen LogP contribution in [-0.2, 0) is 13.0 Å². The topological polar surface area (TPSA) is 50.7 Å². The number of hydrogen-bond acceptors (Lipinski definition) is 2. The van der Waals surface area contributed by atoms with Crippen molar-refractivity contribution >= 4 is 21.9 Å². The van der Waals surface area contributed by atoms with E-state index in [4.69, 9.17) is 0 Å². The van der Waals surface area contributed by atoms with Crippen molar-refractivity contribution in [3.05, 3.63) is 76.1 Å². The van der Waals surface area contributed by atoms with E-state index >= 15 is 0 Å². The Morgan fingerprint density at radius 2 is 1.96 bits per heavy atom. The van der Waals surface area contributed by atoms with Crippen LogP contribution in [0.2, 0.25) is 0 Å². The molecule has 2 aromatic carbocycles. The van der Waals surface area contributed by atoms with Gasteiger partial charge >= 0.3 is 0 Å². The van der Waals surface area contributed by atoms with Gasteiger partial charge in [-0.3, -0.25) is 9.36 Å². The Morgan fingerprint density at radius 3 is 2.75 bits per heavy atom. The lowest BCUT2D eigenvalue weighted by Gasteiger charge is -2.05. The lowest BCUT2D eigenvalue weighted by Crippen LogP contribution is -2.21. The van der Waals surface area contributed by atoms with E-state index in [1.165, 1.54) is 12.1 Å². The molecule has 1 N–H and O–H groups in total. The summed E-state index contributed by atoms with van der Waals surface area (Å²) in [6, 6.07) is 12.3. The number of H-pyrrole nitrogens is 1. The molecule has 0 atom stereocenters. The summed E-state index contributed by atoms with van der Waals surface area (Å²) in [7, 11) is 0. The molecule has 0 unspecified atom stereocenters. The quantitative estimate of drug-likeness (QED) is 0.627. The fourth-order valence-electron chi connectivity index (χ4n) is 2.96. The predicted octanol–water partition coefficient (Wildman–Crippen LogP) is 3.57. The number of aromatic nitrogens is 3. The molecule has 0 saturated heterocycles. The van der Waals surface area contributed by atoms with Crippen LogP contribution in [0.4, 0.5) is 4.39 Å². The lowest BCUT2D eigenvalue weighted by molar-refractivity contribution is 0.624. The summed E-state index contributed by atoms with van der Waals surface area (Å²) < 4.78 is 14.5. The molecule has 0 saturated carbocycles. The number of halogens is 1. The minimum atomic E-state index is -0.257. The van der Waals surface area contributed by atoms with E-state index in [1.807, 2.05) is 25.1 Å². The van der Waals surface area contributed by atoms with Crippen LogP contribution in [0.25, 0.3) is 21.9 Å². The van der Waals surface area contributed by atoms with Gasteiger partial charge in [-0.05, 0) is 43.2 Å². The summed E-state index contributed by atoms with van der Waals surface area (Å²) >= 11 is 0. The summed E-state index contributed by atoms with van der Waals surface area (Å²) in [4.78, 5) is 20.3. The molecule has 0 radical (unpaired) electrons. The summed E-state index contributed by atoms with van der Waals surface area (Å²) in [5, 5.41) is 0.966. The van der Waals surface area contributed by atoms with Gasteiger partial charge in [0.05, 0.1) is 6.33 Å². The predicted molar refractivity (Wildman–Crippen MR) is 92.7 cm³/mol. The highest BCUT2D eigenvalue weighted by molar-refractivity contribution is 6.04. The Bertz CT molecular complexity index is 1090. The van der Waals surface area contributed by atoms with E-state index in [-0.39, 0.29) is 11.4 Å². The molecule has 4 aromatic rings. The maximum atomic E-state index is 12.9. The maximum absolute atomic E-state index is 12.9. The smallest absolute Gasteiger partial charge is 0.277 e. The van der Waals surface area contributed by atoms with Gasteiger partial charge in [0.15, 0.2) is 0 Å². The first-order valence-corrected chi connectivity index (χ1v) is 7.84. The van der Waals surface area contributed by atoms with Gasteiger partial charge in [0.2, 0.25) is 0 Å². The first kappa shape index (κ1) is 14.6. The van der Waals surface area contributed by atoms with Crippen molar-refractivity contribution in [2.24, 2.45) is 0 Å². The summed E-state index contributed by atoms with van der Waals surface area (Å²) in [6.07, 6.45) is 2.23. The van der Waals surface area contributed by atoms with Crippen molar-refractivity contribution < 1.29 is 4.39 Å². The number of aryl methyl sites for hydroxylation is 3. The highest BCUT2D eigenvalue weighted by Crippen LogP contribution is 2.22. The van der Waals surface area contributed by atoms with Crippen LogP contribution < -0.4 is 5.56 Å². The molecule has 2 heterocycles. The Kier molecular flexibility index (Phi) is 3.41. The molecule has 4 rings (SSSR count). The number of aromatic amines is 1. The number of rotatable bonds is 3. The molecule has 0 fully saturated rings. The maximum Gasteiger partial charge on any atom is 0.277 e. The molecular formula is C19H16FN3O. The highest BCUT2D eigenvalue weighted by Gasteiger charge is 2.11. The molecule has 4 nitrogen and oxygen atoms in total. The minimum Gasteiger partial charge on any atom is -0.349 e. The SMILES string of the molecule is Cc1ccc2[nH]c3c(=O)n(CCc4ccc(F)cc4)cnc3c2c1. The Balaban J connectivity index is 1.71. The van der Waals surface area contributed by atoms with Crippen LogP contribution >= 0.6 is 0 Å². The fraction of sp³-hybridized carbons (Fsp3) is 0.158. The monoisotopic (exact) mass is 321 g/mol. The number of benzene rings is 2. The normalized spacial score (nSPS) is 11.4. The number of hydrogen-bond donors (Lipinski definition) is 1. The third-order valence-corrected chi connectivity index (χ3v) is 4.28. The summed E-state index contributed by atoms with van der Waals surface area (Å²) in [5.74, 6) is -0.257. The average molecular weight is 321 g/mol. The van der Waals surface area contributed by atoms with Crippen LogP contribution in [0.3, 0.4) is 0 Å². The van der Waals surface area contributed by atoms with Crippen molar-refractivity contribution in [3.63, 3.8) is 0 Å². The van der Waals surface area contributed by atoms with Gasteiger partial charge in [-0.25, -0.2) is 9.37 Å². The van der Waals surface area contributed by atoms with Crippen LogP contribution in [0.5, 0.6) is 0 Å². The van der Waals surface area contributed by atoms with Gasteiger partial charge in [0.1, 0.15) is 16.9 Å². The van der Waals surface area contributed by atoms with Crippen LogP contribution in [0, 0.1) is 12.7 Å². The van der Waals surface area contributed by atoms with Crippen molar-refractivity contribution in [1.82, 2.24) is 14.5 Å².